The van der Waals surface area contributed by atoms with Crippen LogP contribution in [0.5, 0.6) is 5.75 Å². The maximum atomic E-state index is 12.4. The fraction of sp³-hybridized carbons (Fsp3) is 0.222. The Hall–Kier alpha value is -2.82. The molecule has 1 heterocycles. The number of allylic oxidation sites excluding steroid dienone is 1. The van der Waals surface area contributed by atoms with Crippen LogP contribution in [0.15, 0.2) is 30.3 Å². The lowest BCUT2D eigenvalue weighted by atomic mass is 10.0. The summed E-state index contributed by atoms with van der Waals surface area (Å²) in [7, 11) is 0. The number of carboxylic acids is 1. The van der Waals surface area contributed by atoms with Crippen molar-refractivity contribution in [1.29, 1.82) is 0 Å². The third-order valence-electron chi connectivity index (χ3n) is 3.53. The van der Waals surface area contributed by atoms with Crippen molar-refractivity contribution in [1.82, 2.24) is 4.98 Å². The van der Waals surface area contributed by atoms with Crippen molar-refractivity contribution in [3.05, 3.63) is 58.4 Å². The monoisotopic (exact) mass is 313 g/mol. The van der Waals surface area contributed by atoms with Gasteiger partial charge in [-0.05, 0) is 44.6 Å². The van der Waals surface area contributed by atoms with Crippen LogP contribution in [0.2, 0.25) is 0 Å². The van der Waals surface area contributed by atoms with Crippen molar-refractivity contribution in [2.45, 2.75) is 20.8 Å². The van der Waals surface area contributed by atoms with Gasteiger partial charge in [-0.2, -0.15) is 0 Å². The second-order valence-corrected chi connectivity index (χ2v) is 5.10. The Labute approximate surface area is 134 Å². The van der Waals surface area contributed by atoms with E-state index >= 15 is 0 Å². The molecule has 2 N–H and O–H groups in total. The fourth-order valence-electron chi connectivity index (χ4n) is 2.49. The highest BCUT2D eigenvalue weighted by Gasteiger charge is 2.20. The number of rotatable bonds is 6. The molecular formula is C18H19NO4. The Morgan fingerprint density at radius 1 is 1.26 bits per heavy atom. The number of aromatic amines is 1. The first-order valence-electron chi connectivity index (χ1n) is 7.32. The lowest BCUT2D eigenvalue weighted by Crippen LogP contribution is -2.01. The van der Waals surface area contributed by atoms with E-state index in [9.17, 15) is 9.59 Å². The van der Waals surface area contributed by atoms with Crippen LogP contribution in [0, 0.1) is 13.8 Å². The van der Waals surface area contributed by atoms with Crippen LogP contribution in [0.3, 0.4) is 0 Å². The Bertz CT molecular complexity index is 771. The molecule has 1 aromatic carbocycles. The van der Waals surface area contributed by atoms with E-state index in [-0.39, 0.29) is 11.5 Å². The number of H-pyrrole nitrogens is 1. The minimum atomic E-state index is -1.07. The Morgan fingerprint density at radius 3 is 2.57 bits per heavy atom. The zero-order valence-electron chi connectivity index (χ0n) is 13.3. The number of hydrogen-bond acceptors (Lipinski definition) is 3. The van der Waals surface area contributed by atoms with Crippen LogP contribution in [-0.2, 0) is 0 Å². The van der Waals surface area contributed by atoms with Gasteiger partial charge in [0.15, 0.2) is 5.78 Å². The SMILES string of the molecule is CCOc1ccccc1/C=C/C(=O)c1c(C)[nH]c(C(=O)O)c1C. The first kappa shape index (κ1) is 16.5. The van der Waals surface area contributed by atoms with Crippen molar-refractivity contribution in [2.24, 2.45) is 0 Å². The van der Waals surface area contributed by atoms with E-state index in [4.69, 9.17) is 9.84 Å². The summed E-state index contributed by atoms with van der Waals surface area (Å²) in [6.45, 7) is 5.75. The molecule has 0 fully saturated rings. The minimum absolute atomic E-state index is 0.0500. The molecule has 2 aromatic rings. The van der Waals surface area contributed by atoms with Crippen molar-refractivity contribution in [2.75, 3.05) is 6.61 Å². The second-order valence-electron chi connectivity index (χ2n) is 5.10. The van der Waals surface area contributed by atoms with Crippen molar-refractivity contribution >= 4 is 17.8 Å². The van der Waals surface area contributed by atoms with Gasteiger partial charge in [0.25, 0.3) is 0 Å². The molecule has 2 rings (SSSR count). The molecule has 0 aliphatic rings. The van der Waals surface area contributed by atoms with E-state index in [2.05, 4.69) is 4.98 Å². The number of carboxylic acid groups (broad SMARTS) is 1. The number of benzene rings is 1. The number of ether oxygens (including phenoxy) is 1. The molecule has 0 radical (unpaired) electrons. The molecule has 0 atom stereocenters. The van der Waals surface area contributed by atoms with Gasteiger partial charge in [-0.15, -0.1) is 0 Å². The molecule has 0 bridgehead atoms. The van der Waals surface area contributed by atoms with Crippen LogP contribution in [0.1, 0.15) is 44.6 Å². The lowest BCUT2D eigenvalue weighted by Gasteiger charge is -2.06. The highest BCUT2D eigenvalue weighted by Crippen LogP contribution is 2.22. The van der Waals surface area contributed by atoms with Gasteiger partial charge >= 0.3 is 5.97 Å². The minimum Gasteiger partial charge on any atom is -0.493 e. The maximum Gasteiger partial charge on any atom is 0.352 e. The fourth-order valence-corrected chi connectivity index (χ4v) is 2.49. The molecule has 5 nitrogen and oxygen atoms in total. The van der Waals surface area contributed by atoms with Crippen molar-refractivity contribution in [3.63, 3.8) is 0 Å². The number of carbonyl (C=O) groups excluding carboxylic acids is 1. The van der Waals surface area contributed by atoms with Crippen LogP contribution < -0.4 is 4.74 Å². The summed E-state index contributed by atoms with van der Waals surface area (Å²) in [6.07, 6.45) is 3.12. The summed E-state index contributed by atoms with van der Waals surface area (Å²) >= 11 is 0. The number of nitrogens with one attached hydrogen (secondary N) is 1. The van der Waals surface area contributed by atoms with E-state index in [1.807, 2.05) is 31.2 Å². The molecular weight excluding hydrogens is 294 g/mol. The summed E-state index contributed by atoms with van der Waals surface area (Å²) in [6, 6.07) is 7.42. The maximum absolute atomic E-state index is 12.4. The summed E-state index contributed by atoms with van der Waals surface area (Å²) in [5, 5.41) is 9.11. The normalized spacial score (nSPS) is 10.9. The number of aromatic nitrogens is 1. The average Bonchev–Trinajstić information content (AvgIpc) is 2.81. The second kappa shape index (κ2) is 6.96. The molecule has 5 heteroatoms. The Kier molecular flexibility index (Phi) is 5.01. The molecule has 0 aliphatic carbocycles. The number of ketones is 1. The highest BCUT2D eigenvalue weighted by atomic mass is 16.5. The zero-order valence-corrected chi connectivity index (χ0v) is 13.3. The van der Waals surface area contributed by atoms with Crippen molar-refractivity contribution < 1.29 is 19.4 Å². The Balaban J connectivity index is 2.31. The molecule has 0 unspecified atom stereocenters. The molecule has 0 saturated carbocycles. The van der Waals surface area contributed by atoms with Crippen molar-refractivity contribution in [3.8, 4) is 5.75 Å². The van der Waals surface area contributed by atoms with Gasteiger partial charge in [-0.25, -0.2) is 4.79 Å². The van der Waals surface area contributed by atoms with Crippen LogP contribution in [-0.4, -0.2) is 28.4 Å². The molecule has 0 aliphatic heterocycles. The van der Waals surface area contributed by atoms with Crippen LogP contribution in [0.4, 0.5) is 0 Å². The number of hydrogen-bond donors (Lipinski definition) is 2. The lowest BCUT2D eigenvalue weighted by molar-refractivity contribution is 0.0690. The number of aromatic carboxylic acids is 1. The number of carbonyl (C=O) groups is 2. The van der Waals surface area contributed by atoms with Gasteiger partial charge < -0.3 is 14.8 Å². The largest absolute Gasteiger partial charge is 0.493 e. The van der Waals surface area contributed by atoms with Gasteiger partial charge in [0.2, 0.25) is 0 Å². The van der Waals surface area contributed by atoms with Gasteiger partial charge in [-0.1, -0.05) is 18.2 Å². The Morgan fingerprint density at radius 2 is 1.96 bits per heavy atom. The smallest absolute Gasteiger partial charge is 0.352 e. The van der Waals surface area contributed by atoms with Crippen LogP contribution in [0.25, 0.3) is 6.08 Å². The van der Waals surface area contributed by atoms with E-state index < -0.39 is 5.97 Å². The molecule has 0 spiro atoms. The van der Waals surface area contributed by atoms with E-state index in [0.29, 0.717) is 29.2 Å². The van der Waals surface area contributed by atoms with Crippen LogP contribution >= 0.6 is 0 Å². The standard InChI is InChI=1S/C18H19NO4/c1-4-23-15-8-6-5-7-13(15)9-10-14(20)16-11(2)17(18(21)22)19-12(16)3/h5-10,19H,4H2,1-3H3,(H,21,22)/b10-9+. The molecule has 0 amide bonds. The molecule has 23 heavy (non-hydrogen) atoms. The number of aryl methyl sites for hydroxylation is 1. The van der Waals surface area contributed by atoms with Gasteiger partial charge in [0.05, 0.1) is 6.61 Å². The third-order valence-corrected chi connectivity index (χ3v) is 3.53. The first-order valence-corrected chi connectivity index (χ1v) is 7.32. The summed E-state index contributed by atoms with van der Waals surface area (Å²) in [4.78, 5) is 26.3. The van der Waals surface area contributed by atoms with E-state index in [1.54, 1.807) is 19.9 Å². The predicted octanol–water partition coefficient (Wildman–Crippen LogP) is 3.62. The van der Waals surface area contributed by atoms with E-state index in [0.717, 1.165) is 5.56 Å². The van der Waals surface area contributed by atoms with E-state index in [1.165, 1.54) is 6.08 Å². The first-order chi connectivity index (χ1) is 11.0. The molecule has 0 saturated heterocycles. The summed E-state index contributed by atoms with van der Waals surface area (Å²) in [5.74, 6) is -0.613. The van der Waals surface area contributed by atoms with Gasteiger partial charge in [0.1, 0.15) is 11.4 Å². The molecule has 120 valence electrons. The zero-order chi connectivity index (χ0) is 17.0. The number of para-hydroxylation sites is 1. The highest BCUT2D eigenvalue weighted by molar-refractivity contribution is 6.10. The topological polar surface area (TPSA) is 79.4 Å². The van der Waals surface area contributed by atoms with Gasteiger partial charge in [0, 0.05) is 16.8 Å². The quantitative estimate of drug-likeness (QED) is 0.630. The average molecular weight is 313 g/mol. The molecule has 1 aromatic heterocycles. The predicted molar refractivity (Wildman–Crippen MR) is 88.2 cm³/mol. The third kappa shape index (κ3) is 3.51. The summed E-state index contributed by atoms with van der Waals surface area (Å²) < 4.78 is 5.51. The van der Waals surface area contributed by atoms with Gasteiger partial charge in [-0.3, -0.25) is 4.79 Å². The summed E-state index contributed by atoms with van der Waals surface area (Å²) in [5.41, 5.74) is 2.24.